The van der Waals surface area contributed by atoms with E-state index in [4.69, 9.17) is 11.6 Å². The minimum atomic E-state index is -0.306. The number of rotatable bonds is 6. The monoisotopic (exact) mass is 359 g/mol. The highest BCUT2D eigenvalue weighted by Gasteiger charge is 2.06. The van der Waals surface area contributed by atoms with Crippen molar-refractivity contribution >= 4 is 29.1 Å². The van der Waals surface area contributed by atoms with Crippen LogP contribution in [0.15, 0.2) is 42.5 Å². The van der Waals surface area contributed by atoms with Crippen LogP contribution in [-0.2, 0) is 16.0 Å². The maximum Gasteiger partial charge on any atom is 0.257 e. The van der Waals surface area contributed by atoms with Crippen LogP contribution in [0, 0.1) is 13.8 Å². The summed E-state index contributed by atoms with van der Waals surface area (Å²) in [6.07, 6.45) is 0.867. The van der Waals surface area contributed by atoms with E-state index in [9.17, 15) is 9.59 Å². The number of amides is 2. The molecule has 0 unspecified atom stereocenters. The number of nitrogens with one attached hydrogen (secondary N) is 3. The molecular weight excluding hydrogens is 338 g/mol. The summed E-state index contributed by atoms with van der Waals surface area (Å²) >= 11 is 5.82. The predicted octanol–water partition coefficient (Wildman–Crippen LogP) is 3.15. The van der Waals surface area contributed by atoms with E-state index in [1.54, 1.807) is 12.1 Å². The number of aryl methyl sites for hydroxylation is 3. The molecule has 0 saturated heterocycles. The summed E-state index contributed by atoms with van der Waals surface area (Å²) in [5.41, 5.74) is 8.98. The molecular formula is C19H22ClN3O2. The third-order valence-corrected chi connectivity index (χ3v) is 3.97. The molecule has 0 aliphatic carbocycles. The zero-order valence-electron chi connectivity index (χ0n) is 14.4. The first-order valence-corrected chi connectivity index (χ1v) is 8.45. The van der Waals surface area contributed by atoms with Gasteiger partial charge in [0.1, 0.15) is 0 Å². The van der Waals surface area contributed by atoms with Gasteiger partial charge in [0.25, 0.3) is 5.91 Å². The number of hydrogen-bond acceptors (Lipinski definition) is 3. The molecule has 0 heterocycles. The van der Waals surface area contributed by atoms with Crippen LogP contribution in [0.1, 0.15) is 23.1 Å². The van der Waals surface area contributed by atoms with Crippen molar-refractivity contribution in [3.05, 3.63) is 64.2 Å². The van der Waals surface area contributed by atoms with E-state index in [-0.39, 0.29) is 24.8 Å². The highest BCUT2D eigenvalue weighted by atomic mass is 35.5. The molecule has 3 N–H and O–H groups in total. The molecule has 25 heavy (non-hydrogen) atoms. The molecule has 2 rings (SSSR count). The van der Waals surface area contributed by atoms with Crippen LogP contribution in [0.5, 0.6) is 0 Å². The van der Waals surface area contributed by atoms with E-state index in [2.05, 4.69) is 16.2 Å². The van der Waals surface area contributed by atoms with Crippen LogP contribution >= 0.6 is 11.6 Å². The predicted molar refractivity (Wildman–Crippen MR) is 100 cm³/mol. The smallest absolute Gasteiger partial charge is 0.257 e. The van der Waals surface area contributed by atoms with Gasteiger partial charge in [-0.2, -0.15) is 0 Å². The second-order valence-electron chi connectivity index (χ2n) is 5.89. The van der Waals surface area contributed by atoms with E-state index in [0.717, 1.165) is 16.8 Å². The van der Waals surface area contributed by atoms with E-state index in [0.29, 0.717) is 11.4 Å². The molecule has 0 saturated carbocycles. The maximum absolute atomic E-state index is 11.8. The Bertz CT molecular complexity index is 745. The van der Waals surface area contributed by atoms with Crippen molar-refractivity contribution in [1.29, 1.82) is 0 Å². The summed E-state index contributed by atoms with van der Waals surface area (Å²) in [5, 5.41) is 3.71. The average Bonchev–Trinajstić information content (AvgIpc) is 2.58. The van der Waals surface area contributed by atoms with Crippen LogP contribution in [0.25, 0.3) is 0 Å². The van der Waals surface area contributed by atoms with Crippen molar-refractivity contribution in [2.75, 3.05) is 11.9 Å². The average molecular weight is 360 g/mol. The summed E-state index contributed by atoms with van der Waals surface area (Å²) < 4.78 is 0. The lowest BCUT2D eigenvalue weighted by molar-refractivity contribution is -0.128. The van der Waals surface area contributed by atoms with Crippen molar-refractivity contribution in [2.45, 2.75) is 26.7 Å². The van der Waals surface area contributed by atoms with Crippen LogP contribution in [0.2, 0.25) is 5.02 Å². The van der Waals surface area contributed by atoms with E-state index in [1.807, 2.05) is 44.2 Å². The van der Waals surface area contributed by atoms with E-state index >= 15 is 0 Å². The SMILES string of the molecule is Cc1ccc(NCC(=O)NNC(=O)CCc2ccc(Cl)cc2)c(C)c1. The Morgan fingerprint density at radius 1 is 0.960 bits per heavy atom. The summed E-state index contributed by atoms with van der Waals surface area (Å²) in [5.74, 6) is -0.547. The van der Waals surface area contributed by atoms with Crippen molar-refractivity contribution in [1.82, 2.24) is 10.9 Å². The van der Waals surface area contributed by atoms with Gasteiger partial charge in [-0.05, 0) is 49.6 Å². The van der Waals surface area contributed by atoms with Gasteiger partial charge >= 0.3 is 0 Å². The van der Waals surface area contributed by atoms with Crippen molar-refractivity contribution in [3.63, 3.8) is 0 Å². The Morgan fingerprint density at radius 3 is 2.32 bits per heavy atom. The maximum atomic E-state index is 11.8. The largest absolute Gasteiger partial charge is 0.376 e. The van der Waals surface area contributed by atoms with Crippen molar-refractivity contribution < 1.29 is 9.59 Å². The first kappa shape index (κ1) is 18.8. The fraction of sp³-hybridized carbons (Fsp3) is 0.263. The third kappa shape index (κ3) is 6.47. The van der Waals surface area contributed by atoms with Crippen LogP contribution in [0.3, 0.4) is 0 Å². The van der Waals surface area contributed by atoms with Gasteiger partial charge in [-0.1, -0.05) is 41.4 Å². The molecule has 0 radical (unpaired) electrons. The minimum absolute atomic E-state index is 0.0847. The first-order valence-electron chi connectivity index (χ1n) is 8.07. The Labute approximate surface area is 152 Å². The molecule has 2 amide bonds. The number of hydrazine groups is 1. The number of anilines is 1. The quantitative estimate of drug-likeness (QED) is 0.694. The summed E-state index contributed by atoms with van der Waals surface area (Å²) in [6.45, 7) is 4.08. The molecule has 132 valence electrons. The first-order chi connectivity index (χ1) is 11.9. The van der Waals surface area contributed by atoms with Gasteiger partial charge < -0.3 is 5.32 Å². The summed E-state index contributed by atoms with van der Waals surface area (Å²) in [7, 11) is 0. The fourth-order valence-corrected chi connectivity index (χ4v) is 2.47. The number of carbonyl (C=O) groups excluding carboxylic acids is 2. The molecule has 0 fully saturated rings. The molecule has 2 aromatic rings. The highest BCUT2D eigenvalue weighted by molar-refractivity contribution is 6.30. The molecule has 0 bridgehead atoms. The highest BCUT2D eigenvalue weighted by Crippen LogP contribution is 2.15. The summed E-state index contributed by atoms with van der Waals surface area (Å²) in [4.78, 5) is 23.6. The van der Waals surface area contributed by atoms with Crippen LogP contribution in [0.4, 0.5) is 5.69 Å². The van der Waals surface area contributed by atoms with Gasteiger partial charge in [0, 0.05) is 17.1 Å². The molecule has 0 aliphatic rings. The van der Waals surface area contributed by atoms with Gasteiger partial charge in [-0.25, -0.2) is 0 Å². The number of carbonyl (C=O) groups is 2. The van der Waals surface area contributed by atoms with Gasteiger partial charge in [0.15, 0.2) is 0 Å². The summed E-state index contributed by atoms with van der Waals surface area (Å²) in [6, 6.07) is 13.3. The molecule has 5 nitrogen and oxygen atoms in total. The number of hydrogen-bond donors (Lipinski definition) is 3. The second-order valence-corrected chi connectivity index (χ2v) is 6.33. The van der Waals surface area contributed by atoms with Crippen LogP contribution < -0.4 is 16.2 Å². The molecule has 0 spiro atoms. The van der Waals surface area contributed by atoms with Gasteiger partial charge in [-0.3, -0.25) is 20.4 Å². The molecule has 6 heteroatoms. The van der Waals surface area contributed by atoms with Gasteiger partial charge in [0.05, 0.1) is 6.54 Å². The lowest BCUT2D eigenvalue weighted by Crippen LogP contribution is -2.44. The lowest BCUT2D eigenvalue weighted by atomic mass is 10.1. The third-order valence-electron chi connectivity index (χ3n) is 3.72. The Balaban J connectivity index is 1.68. The second kappa shape index (κ2) is 9.08. The zero-order valence-corrected chi connectivity index (χ0v) is 15.1. The minimum Gasteiger partial charge on any atom is -0.376 e. The standard InChI is InChI=1S/C19H22ClN3O2/c1-13-3-9-17(14(2)11-13)21-12-19(25)23-22-18(24)10-6-15-4-7-16(20)8-5-15/h3-5,7-9,11,21H,6,10,12H2,1-2H3,(H,22,24)(H,23,25). The van der Waals surface area contributed by atoms with E-state index < -0.39 is 0 Å². The topological polar surface area (TPSA) is 70.2 Å². The Hall–Kier alpha value is -2.53. The molecule has 2 aromatic carbocycles. The molecule has 0 aliphatic heterocycles. The fourth-order valence-electron chi connectivity index (χ4n) is 2.34. The normalized spacial score (nSPS) is 10.2. The van der Waals surface area contributed by atoms with Crippen molar-refractivity contribution in [3.8, 4) is 0 Å². The zero-order chi connectivity index (χ0) is 18.2. The number of benzene rings is 2. The number of halogens is 1. The van der Waals surface area contributed by atoms with Crippen molar-refractivity contribution in [2.24, 2.45) is 0 Å². The van der Waals surface area contributed by atoms with Gasteiger partial charge in [0.2, 0.25) is 5.91 Å². The van der Waals surface area contributed by atoms with E-state index in [1.165, 1.54) is 5.56 Å². The molecule has 0 aromatic heterocycles. The van der Waals surface area contributed by atoms with Gasteiger partial charge in [-0.15, -0.1) is 0 Å². The lowest BCUT2D eigenvalue weighted by Gasteiger charge is -2.11. The Kier molecular flexibility index (Phi) is 6.83. The Morgan fingerprint density at radius 2 is 1.64 bits per heavy atom. The molecule has 0 atom stereocenters. The van der Waals surface area contributed by atoms with Crippen LogP contribution in [-0.4, -0.2) is 18.4 Å².